The van der Waals surface area contributed by atoms with E-state index in [1.165, 1.54) is 19.3 Å². The average molecular weight is 304 g/mol. The smallest absolute Gasteiger partial charge is 0.244 e. The van der Waals surface area contributed by atoms with Crippen LogP contribution in [0.5, 0.6) is 0 Å². The van der Waals surface area contributed by atoms with Gasteiger partial charge >= 0.3 is 0 Å². The Kier molecular flexibility index (Phi) is 4.50. The molecule has 1 fully saturated rings. The zero-order chi connectivity index (χ0) is 14.5. The Hall–Kier alpha value is -1.88. The van der Waals surface area contributed by atoms with Crippen molar-refractivity contribution in [3.05, 3.63) is 41.0 Å². The number of rotatable bonds is 4. The number of piperidine rings is 1. The lowest BCUT2D eigenvalue weighted by Gasteiger charge is -2.27. The molecular weight excluding hydrogens is 286 g/mol. The van der Waals surface area contributed by atoms with Gasteiger partial charge in [-0.3, -0.25) is 0 Å². The Bertz CT molecular complexity index is 598. The van der Waals surface area contributed by atoms with Gasteiger partial charge in [-0.15, -0.1) is 5.10 Å². The van der Waals surface area contributed by atoms with Crippen LogP contribution in [0.3, 0.4) is 0 Å². The molecule has 2 aromatic rings. The molecule has 3 rings (SSSR count). The molecule has 0 aliphatic carbocycles. The molecule has 21 heavy (non-hydrogen) atoms. The molecular formula is C15H18ClN5. The maximum Gasteiger partial charge on any atom is 0.244 e. The quantitative estimate of drug-likeness (QED) is 0.940. The third-order valence-electron chi connectivity index (χ3n) is 3.62. The van der Waals surface area contributed by atoms with E-state index in [2.05, 4.69) is 25.4 Å². The topological polar surface area (TPSA) is 53.9 Å². The molecule has 0 atom stereocenters. The predicted molar refractivity (Wildman–Crippen MR) is 84.7 cm³/mol. The molecule has 1 aliphatic rings. The van der Waals surface area contributed by atoms with Crippen molar-refractivity contribution in [1.29, 1.82) is 0 Å². The number of nitrogens with zero attached hydrogens (tertiary/aromatic N) is 4. The largest absolute Gasteiger partial charge is 0.355 e. The molecule has 0 unspecified atom stereocenters. The summed E-state index contributed by atoms with van der Waals surface area (Å²) in [6.45, 7) is 2.68. The molecule has 110 valence electrons. The summed E-state index contributed by atoms with van der Waals surface area (Å²) in [5, 5.41) is 12.0. The monoisotopic (exact) mass is 303 g/mol. The van der Waals surface area contributed by atoms with Gasteiger partial charge in [0.2, 0.25) is 5.95 Å². The Morgan fingerprint density at radius 3 is 2.76 bits per heavy atom. The zero-order valence-corrected chi connectivity index (χ0v) is 12.6. The van der Waals surface area contributed by atoms with Crippen LogP contribution in [0.1, 0.15) is 24.8 Å². The normalized spacial score (nSPS) is 15.0. The molecule has 0 bridgehead atoms. The van der Waals surface area contributed by atoms with Gasteiger partial charge in [0.25, 0.3) is 0 Å². The second-order valence-corrected chi connectivity index (χ2v) is 5.54. The molecule has 1 saturated heterocycles. The van der Waals surface area contributed by atoms with E-state index in [9.17, 15) is 0 Å². The van der Waals surface area contributed by atoms with Crippen molar-refractivity contribution in [1.82, 2.24) is 15.2 Å². The fraction of sp³-hybridized carbons (Fsp3) is 0.400. The van der Waals surface area contributed by atoms with Crippen LogP contribution in [0.25, 0.3) is 0 Å². The molecule has 5 nitrogen and oxygen atoms in total. The molecule has 0 saturated carbocycles. The number of nitrogens with one attached hydrogen (secondary N) is 1. The van der Waals surface area contributed by atoms with Gasteiger partial charge in [0.1, 0.15) is 0 Å². The van der Waals surface area contributed by atoms with Crippen LogP contribution in [0, 0.1) is 0 Å². The van der Waals surface area contributed by atoms with Gasteiger partial charge in [-0.2, -0.15) is 10.1 Å². The van der Waals surface area contributed by atoms with Gasteiger partial charge in [0.05, 0.1) is 6.20 Å². The van der Waals surface area contributed by atoms with Gasteiger partial charge in [-0.25, -0.2) is 0 Å². The van der Waals surface area contributed by atoms with Crippen molar-refractivity contribution in [3.63, 3.8) is 0 Å². The first kappa shape index (κ1) is 14.1. The molecule has 6 heteroatoms. The van der Waals surface area contributed by atoms with Gasteiger partial charge in [-0.05, 0) is 30.9 Å². The van der Waals surface area contributed by atoms with Crippen LogP contribution >= 0.6 is 11.6 Å². The van der Waals surface area contributed by atoms with Crippen LogP contribution in [0.4, 0.5) is 11.8 Å². The zero-order valence-electron chi connectivity index (χ0n) is 11.8. The second kappa shape index (κ2) is 6.72. The van der Waals surface area contributed by atoms with E-state index in [-0.39, 0.29) is 0 Å². The Labute approximate surface area is 129 Å². The van der Waals surface area contributed by atoms with E-state index in [4.69, 9.17) is 11.6 Å². The maximum atomic E-state index is 6.14. The molecule has 1 aromatic carbocycles. The first-order valence-corrected chi connectivity index (χ1v) is 7.63. The van der Waals surface area contributed by atoms with Gasteiger partial charge < -0.3 is 10.2 Å². The van der Waals surface area contributed by atoms with Crippen LogP contribution in [-0.2, 0) is 6.54 Å². The molecule has 0 radical (unpaired) electrons. The summed E-state index contributed by atoms with van der Waals surface area (Å²) < 4.78 is 0. The molecule has 0 amide bonds. The van der Waals surface area contributed by atoms with E-state index in [1.807, 2.05) is 24.3 Å². The first-order valence-electron chi connectivity index (χ1n) is 7.25. The highest BCUT2D eigenvalue weighted by molar-refractivity contribution is 6.31. The summed E-state index contributed by atoms with van der Waals surface area (Å²) in [6, 6.07) is 7.74. The van der Waals surface area contributed by atoms with Gasteiger partial charge in [0, 0.05) is 24.7 Å². The van der Waals surface area contributed by atoms with E-state index < -0.39 is 0 Å². The summed E-state index contributed by atoms with van der Waals surface area (Å²) >= 11 is 6.14. The summed E-state index contributed by atoms with van der Waals surface area (Å²) in [7, 11) is 0. The Morgan fingerprint density at radius 1 is 1.14 bits per heavy atom. The molecule has 2 heterocycles. The van der Waals surface area contributed by atoms with Gasteiger partial charge in [-0.1, -0.05) is 29.8 Å². The Balaban J connectivity index is 1.67. The SMILES string of the molecule is Clc1ccccc1CNc1nncc(N2CCCCC2)n1. The van der Waals surface area contributed by atoms with Crippen molar-refractivity contribution in [3.8, 4) is 0 Å². The van der Waals surface area contributed by atoms with E-state index in [1.54, 1.807) is 6.20 Å². The van der Waals surface area contributed by atoms with Crippen molar-refractivity contribution in [2.75, 3.05) is 23.3 Å². The van der Waals surface area contributed by atoms with Gasteiger partial charge in [0.15, 0.2) is 5.82 Å². The number of anilines is 2. The standard InChI is InChI=1S/C15H18ClN5/c16-13-7-3-2-6-12(13)10-17-15-19-14(11-18-20-15)21-8-4-1-5-9-21/h2-3,6-7,11H,1,4-5,8-10H2,(H,17,19,20). The second-order valence-electron chi connectivity index (χ2n) is 5.13. The maximum absolute atomic E-state index is 6.14. The number of aromatic nitrogens is 3. The fourth-order valence-corrected chi connectivity index (χ4v) is 2.66. The summed E-state index contributed by atoms with van der Waals surface area (Å²) in [4.78, 5) is 6.80. The van der Waals surface area contributed by atoms with E-state index >= 15 is 0 Å². The highest BCUT2D eigenvalue weighted by atomic mass is 35.5. The van der Waals surface area contributed by atoms with Crippen molar-refractivity contribution >= 4 is 23.4 Å². The van der Waals surface area contributed by atoms with E-state index in [0.29, 0.717) is 12.5 Å². The van der Waals surface area contributed by atoms with Crippen LogP contribution in [0.2, 0.25) is 5.02 Å². The fourth-order valence-electron chi connectivity index (χ4n) is 2.46. The summed E-state index contributed by atoms with van der Waals surface area (Å²) in [5.74, 6) is 1.43. The minimum atomic E-state index is 0.540. The summed E-state index contributed by atoms with van der Waals surface area (Å²) in [5.41, 5.74) is 1.02. The van der Waals surface area contributed by atoms with Crippen LogP contribution in [0.15, 0.2) is 30.5 Å². The number of halogens is 1. The molecule has 1 aromatic heterocycles. The highest BCUT2D eigenvalue weighted by Crippen LogP contribution is 2.18. The van der Waals surface area contributed by atoms with Crippen LogP contribution in [-0.4, -0.2) is 28.3 Å². The van der Waals surface area contributed by atoms with Crippen molar-refractivity contribution < 1.29 is 0 Å². The highest BCUT2D eigenvalue weighted by Gasteiger charge is 2.13. The minimum absolute atomic E-state index is 0.540. The lowest BCUT2D eigenvalue weighted by Crippen LogP contribution is -2.30. The number of benzene rings is 1. The lowest BCUT2D eigenvalue weighted by molar-refractivity contribution is 0.572. The Morgan fingerprint density at radius 2 is 1.95 bits per heavy atom. The molecule has 1 N–H and O–H groups in total. The van der Waals surface area contributed by atoms with Crippen molar-refractivity contribution in [2.24, 2.45) is 0 Å². The van der Waals surface area contributed by atoms with E-state index in [0.717, 1.165) is 29.5 Å². The van der Waals surface area contributed by atoms with Crippen LogP contribution < -0.4 is 10.2 Å². The first-order chi connectivity index (χ1) is 10.3. The predicted octanol–water partition coefficient (Wildman–Crippen LogP) is 3.13. The average Bonchev–Trinajstić information content (AvgIpc) is 2.55. The third-order valence-corrected chi connectivity index (χ3v) is 3.99. The molecule has 1 aliphatic heterocycles. The van der Waals surface area contributed by atoms with Crippen molar-refractivity contribution in [2.45, 2.75) is 25.8 Å². The number of hydrogen-bond acceptors (Lipinski definition) is 5. The number of hydrogen-bond donors (Lipinski definition) is 1. The lowest BCUT2D eigenvalue weighted by atomic mass is 10.1. The minimum Gasteiger partial charge on any atom is -0.355 e. The summed E-state index contributed by atoms with van der Waals surface area (Å²) in [6.07, 6.45) is 5.46. The third kappa shape index (κ3) is 3.61. The molecule has 0 spiro atoms.